The molecule has 3 aromatic rings. The number of aromatic nitrogens is 1. The Morgan fingerprint density at radius 2 is 1.61 bits per heavy atom. The lowest BCUT2D eigenvalue weighted by molar-refractivity contribution is 0.0697. The van der Waals surface area contributed by atoms with Crippen LogP contribution in [0.15, 0.2) is 66.9 Å². The Kier molecular flexibility index (Phi) is 11.9. The maximum atomic E-state index is 11.0. The largest absolute Gasteiger partial charge is 0.478 e. The summed E-state index contributed by atoms with van der Waals surface area (Å²) in [5, 5.41) is 17.5. The van der Waals surface area contributed by atoms with Gasteiger partial charge in [-0.2, -0.15) is 0 Å². The topological polar surface area (TPSA) is 70.4 Å². The van der Waals surface area contributed by atoms with Crippen LogP contribution >= 0.6 is 0 Å². The van der Waals surface area contributed by atoms with E-state index in [9.17, 15) is 4.79 Å². The van der Waals surface area contributed by atoms with Gasteiger partial charge in [0.2, 0.25) is 0 Å². The predicted molar refractivity (Wildman–Crippen MR) is 136 cm³/mol. The van der Waals surface area contributed by atoms with Crippen LogP contribution in [0.2, 0.25) is 0 Å². The van der Waals surface area contributed by atoms with Crippen LogP contribution in [0.3, 0.4) is 0 Å². The van der Waals surface area contributed by atoms with Gasteiger partial charge in [0.25, 0.3) is 0 Å². The van der Waals surface area contributed by atoms with Gasteiger partial charge >= 0.3 is 5.97 Å². The van der Waals surface area contributed by atoms with Crippen molar-refractivity contribution in [2.75, 3.05) is 6.61 Å². The fourth-order valence-electron chi connectivity index (χ4n) is 3.74. The summed E-state index contributed by atoms with van der Waals surface area (Å²) in [6.45, 7) is 4.39. The molecule has 0 fully saturated rings. The molecule has 0 aliphatic carbocycles. The molecular formula is C29H37NO3. The van der Waals surface area contributed by atoms with Gasteiger partial charge in [-0.15, -0.1) is 0 Å². The second-order valence-electron chi connectivity index (χ2n) is 8.34. The summed E-state index contributed by atoms with van der Waals surface area (Å²) in [6, 6.07) is 19.7. The molecule has 176 valence electrons. The highest BCUT2D eigenvalue weighted by molar-refractivity contribution is 5.89. The number of aromatic carboxylic acids is 1. The second kappa shape index (κ2) is 15.0. The summed E-state index contributed by atoms with van der Waals surface area (Å²) >= 11 is 0. The van der Waals surface area contributed by atoms with Gasteiger partial charge in [0.05, 0.1) is 5.56 Å². The van der Waals surface area contributed by atoms with Crippen molar-refractivity contribution < 1.29 is 15.0 Å². The molecule has 0 aliphatic rings. The normalized spacial score (nSPS) is 10.4. The molecular weight excluding hydrogens is 410 g/mol. The molecule has 4 nitrogen and oxygen atoms in total. The Balaban J connectivity index is 0.000000357. The van der Waals surface area contributed by atoms with Gasteiger partial charge in [-0.05, 0) is 66.3 Å². The van der Waals surface area contributed by atoms with Crippen molar-refractivity contribution in [3.8, 4) is 11.1 Å². The third kappa shape index (κ3) is 9.58. The Morgan fingerprint density at radius 3 is 2.21 bits per heavy atom. The second-order valence-corrected chi connectivity index (χ2v) is 8.34. The first kappa shape index (κ1) is 26.3. The van der Waals surface area contributed by atoms with Crippen LogP contribution in [-0.2, 0) is 12.8 Å². The number of carbonyl (C=O) groups is 1. The van der Waals surface area contributed by atoms with Gasteiger partial charge in [0.1, 0.15) is 0 Å². The minimum atomic E-state index is -0.876. The van der Waals surface area contributed by atoms with E-state index in [1.54, 1.807) is 18.3 Å². The van der Waals surface area contributed by atoms with Crippen LogP contribution in [0.1, 0.15) is 72.6 Å². The Bertz CT molecular complexity index is 952. The van der Waals surface area contributed by atoms with Crippen LogP contribution in [0.25, 0.3) is 11.1 Å². The van der Waals surface area contributed by atoms with E-state index >= 15 is 0 Å². The van der Waals surface area contributed by atoms with Gasteiger partial charge in [0, 0.05) is 24.9 Å². The predicted octanol–water partition coefficient (Wildman–Crippen LogP) is 6.88. The molecule has 0 aliphatic heterocycles. The number of rotatable bonds is 11. The lowest BCUT2D eigenvalue weighted by Crippen LogP contribution is -1.97. The third-order valence-corrected chi connectivity index (χ3v) is 5.65. The fraction of sp³-hybridized carbons (Fsp3) is 0.379. The number of aliphatic hydroxyl groups is 1. The lowest BCUT2D eigenvalue weighted by atomic mass is 9.96. The first-order valence-electron chi connectivity index (χ1n) is 12.0. The van der Waals surface area contributed by atoms with Crippen molar-refractivity contribution in [1.82, 2.24) is 4.98 Å². The molecule has 0 bridgehead atoms. The van der Waals surface area contributed by atoms with Crippen molar-refractivity contribution in [2.45, 2.75) is 65.2 Å². The number of unbranched alkanes of at least 4 members (excludes halogenated alkanes) is 5. The zero-order valence-electron chi connectivity index (χ0n) is 20.0. The van der Waals surface area contributed by atoms with Crippen LogP contribution in [0.5, 0.6) is 0 Å². The molecule has 0 amide bonds. The highest BCUT2D eigenvalue weighted by atomic mass is 16.4. The van der Waals surface area contributed by atoms with E-state index in [0.717, 1.165) is 28.8 Å². The molecule has 0 unspecified atom stereocenters. The zero-order valence-corrected chi connectivity index (χ0v) is 20.0. The molecule has 4 heteroatoms. The Hall–Kier alpha value is -2.98. The van der Waals surface area contributed by atoms with Gasteiger partial charge in [-0.25, -0.2) is 4.79 Å². The van der Waals surface area contributed by atoms with Crippen LogP contribution in [0, 0.1) is 6.92 Å². The number of aryl methyl sites for hydroxylation is 2. The maximum absolute atomic E-state index is 11.0. The number of hydrogen-bond acceptors (Lipinski definition) is 3. The van der Waals surface area contributed by atoms with E-state index < -0.39 is 5.97 Å². The summed E-state index contributed by atoms with van der Waals surface area (Å²) in [5.41, 5.74) is 5.92. The van der Waals surface area contributed by atoms with Gasteiger partial charge in [-0.1, -0.05) is 75.4 Å². The summed E-state index contributed by atoms with van der Waals surface area (Å²) in [5.74, 6) is -0.876. The standard InChI is InChI=1S/C22H28O2.C7H9NO/c1-3-4-5-6-7-8-9-18-10-12-19(13-11-18)21-15-14-20(22(23)24)16-17(21)2;9-6-4-7-3-1-2-5-8-7/h10-16H,3-9H2,1-2H3,(H,23,24);1-3,5,9H,4,6H2. The average Bonchev–Trinajstić information content (AvgIpc) is 2.83. The Morgan fingerprint density at radius 1 is 0.879 bits per heavy atom. The molecule has 2 N–H and O–H groups in total. The van der Waals surface area contributed by atoms with Crippen molar-refractivity contribution in [3.05, 3.63) is 89.2 Å². The van der Waals surface area contributed by atoms with Crippen molar-refractivity contribution in [1.29, 1.82) is 0 Å². The van der Waals surface area contributed by atoms with E-state index in [1.165, 1.54) is 44.1 Å². The van der Waals surface area contributed by atoms with Crippen molar-refractivity contribution in [2.24, 2.45) is 0 Å². The quantitative estimate of drug-likeness (QED) is 0.314. The number of nitrogens with zero attached hydrogens (tertiary/aromatic N) is 1. The van der Waals surface area contributed by atoms with Gasteiger partial charge in [-0.3, -0.25) is 4.98 Å². The van der Waals surface area contributed by atoms with Gasteiger partial charge in [0.15, 0.2) is 0 Å². The van der Waals surface area contributed by atoms with E-state index in [1.807, 2.05) is 31.2 Å². The molecule has 1 heterocycles. The number of benzene rings is 2. The minimum Gasteiger partial charge on any atom is -0.478 e. The fourth-order valence-corrected chi connectivity index (χ4v) is 3.74. The zero-order chi connectivity index (χ0) is 23.9. The number of hydrogen-bond donors (Lipinski definition) is 2. The molecule has 0 saturated carbocycles. The van der Waals surface area contributed by atoms with E-state index in [0.29, 0.717) is 12.0 Å². The van der Waals surface area contributed by atoms with Crippen molar-refractivity contribution in [3.63, 3.8) is 0 Å². The summed E-state index contributed by atoms with van der Waals surface area (Å²) < 4.78 is 0. The number of carboxylic acid groups (broad SMARTS) is 1. The summed E-state index contributed by atoms with van der Waals surface area (Å²) in [4.78, 5) is 15.0. The third-order valence-electron chi connectivity index (χ3n) is 5.65. The molecule has 33 heavy (non-hydrogen) atoms. The van der Waals surface area contributed by atoms with Gasteiger partial charge < -0.3 is 10.2 Å². The molecule has 3 rings (SSSR count). The highest BCUT2D eigenvalue weighted by Gasteiger charge is 2.07. The van der Waals surface area contributed by atoms with Crippen molar-refractivity contribution >= 4 is 5.97 Å². The maximum Gasteiger partial charge on any atom is 0.335 e. The number of pyridine rings is 1. The van der Waals surface area contributed by atoms with Crippen LogP contribution in [-0.4, -0.2) is 27.8 Å². The first-order chi connectivity index (χ1) is 16.0. The minimum absolute atomic E-state index is 0.178. The smallest absolute Gasteiger partial charge is 0.335 e. The summed E-state index contributed by atoms with van der Waals surface area (Å²) in [7, 11) is 0. The monoisotopic (exact) mass is 447 g/mol. The number of aliphatic hydroxyl groups excluding tert-OH is 1. The first-order valence-corrected chi connectivity index (χ1v) is 12.0. The van der Waals surface area contributed by atoms with E-state index in [2.05, 4.69) is 36.2 Å². The van der Waals surface area contributed by atoms with E-state index in [4.69, 9.17) is 10.2 Å². The molecule has 0 atom stereocenters. The molecule has 0 spiro atoms. The van der Waals surface area contributed by atoms with E-state index in [-0.39, 0.29) is 6.61 Å². The Labute approximate surface area is 198 Å². The lowest BCUT2D eigenvalue weighted by Gasteiger charge is -2.09. The highest BCUT2D eigenvalue weighted by Crippen LogP contribution is 2.25. The molecule has 0 saturated heterocycles. The molecule has 1 aromatic heterocycles. The molecule has 0 radical (unpaired) electrons. The van der Waals surface area contributed by atoms with Crippen LogP contribution < -0.4 is 0 Å². The average molecular weight is 448 g/mol. The number of carboxylic acids is 1. The molecule has 2 aromatic carbocycles. The SMILES string of the molecule is CCCCCCCCc1ccc(-c2ccc(C(=O)O)cc2C)cc1.OCCc1ccccn1. The summed E-state index contributed by atoms with van der Waals surface area (Å²) in [6.07, 6.45) is 11.5. The van der Waals surface area contributed by atoms with Crippen LogP contribution in [0.4, 0.5) is 0 Å².